The van der Waals surface area contributed by atoms with Gasteiger partial charge < -0.3 is 10.1 Å². The van der Waals surface area contributed by atoms with E-state index in [0.717, 1.165) is 5.56 Å². The first-order valence-electron chi connectivity index (χ1n) is 5.51. The number of hydrogen-bond donors (Lipinski definition) is 1. The summed E-state index contributed by atoms with van der Waals surface area (Å²) in [7, 11) is 1.36. The van der Waals surface area contributed by atoms with E-state index in [1.54, 1.807) is 12.1 Å². The van der Waals surface area contributed by atoms with Gasteiger partial charge in [-0.05, 0) is 17.7 Å². The molecule has 4 nitrogen and oxygen atoms in total. The van der Waals surface area contributed by atoms with Crippen LogP contribution in [0.4, 0.5) is 0 Å². The van der Waals surface area contributed by atoms with E-state index in [9.17, 15) is 9.59 Å². The van der Waals surface area contributed by atoms with Gasteiger partial charge in [-0.2, -0.15) is 0 Å². The summed E-state index contributed by atoms with van der Waals surface area (Å²) >= 11 is 0. The van der Waals surface area contributed by atoms with Gasteiger partial charge in [0.1, 0.15) is 0 Å². The Morgan fingerprint density at radius 2 is 2.00 bits per heavy atom. The van der Waals surface area contributed by atoms with Crippen molar-refractivity contribution in [1.82, 2.24) is 5.32 Å². The molecule has 0 bridgehead atoms. The van der Waals surface area contributed by atoms with Crippen molar-refractivity contribution in [3.05, 3.63) is 35.4 Å². The lowest BCUT2D eigenvalue weighted by molar-refractivity contribution is -0.119. The molecule has 1 fully saturated rings. The van der Waals surface area contributed by atoms with Crippen molar-refractivity contribution < 1.29 is 14.3 Å². The fraction of sp³-hybridized carbons (Fsp3) is 0.385. The number of rotatable bonds is 2. The first-order valence-corrected chi connectivity index (χ1v) is 5.51. The third kappa shape index (κ3) is 2.16. The first-order chi connectivity index (χ1) is 8.05. The van der Waals surface area contributed by atoms with Crippen LogP contribution in [-0.2, 0) is 14.9 Å². The van der Waals surface area contributed by atoms with Crippen molar-refractivity contribution >= 4 is 11.9 Å². The van der Waals surface area contributed by atoms with E-state index < -0.39 is 0 Å². The Balaban J connectivity index is 2.24. The number of carbonyl (C=O) groups is 2. The van der Waals surface area contributed by atoms with Crippen LogP contribution in [0.2, 0.25) is 0 Å². The molecule has 1 aliphatic rings. The molecule has 90 valence electrons. The molecule has 1 aliphatic heterocycles. The molecule has 0 aromatic heterocycles. The summed E-state index contributed by atoms with van der Waals surface area (Å²) in [6.45, 7) is 2.68. The Labute approximate surface area is 100.0 Å². The molecule has 1 amide bonds. The monoisotopic (exact) mass is 233 g/mol. The summed E-state index contributed by atoms with van der Waals surface area (Å²) in [6.07, 6.45) is 0.491. The predicted octanol–water partition coefficient (Wildman–Crippen LogP) is 1.25. The summed E-state index contributed by atoms with van der Waals surface area (Å²) < 4.78 is 4.64. The molecule has 17 heavy (non-hydrogen) atoms. The Morgan fingerprint density at radius 3 is 2.47 bits per heavy atom. The van der Waals surface area contributed by atoms with Gasteiger partial charge in [-0.3, -0.25) is 4.79 Å². The van der Waals surface area contributed by atoms with Gasteiger partial charge in [0.2, 0.25) is 5.91 Å². The summed E-state index contributed by atoms with van der Waals surface area (Å²) in [5.41, 5.74) is 1.41. The molecule has 0 spiro atoms. The molecule has 1 heterocycles. The van der Waals surface area contributed by atoms with Crippen molar-refractivity contribution in [3.8, 4) is 0 Å². The quantitative estimate of drug-likeness (QED) is 0.782. The average Bonchev–Trinajstić information content (AvgIpc) is 2.70. The topological polar surface area (TPSA) is 55.4 Å². The van der Waals surface area contributed by atoms with Crippen molar-refractivity contribution in [3.63, 3.8) is 0 Å². The molecule has 0 radical (unpaired) electrons. The van der Waals surface area contributed by atoms with E-state index in [0.29, 0.717) is 18.5 Å². The van der Waals surface area contributed by atoms with Gasteiger partial charge in [0, 0.05) is 18.4 Å². The molecule has 4 heteroatoms. The fourth-order valence-electron chi connectivity index (χ4n) is 2.10. The van der Waals surface area contributed by atoms with Crippen LogP contribution >= 0.6 is 0 Å². The van der Waals surface area contributed by atoms with E-state index in [-0.39, 0.29) is 17.3 Å². The van der Waals surface area contributed by atoms with Crippen molar-refractivity contribution in [2.75, 3.05) is 13.7 Å². The fourth-order valence-corrected chi connectivity index (χ4v) is 2.10. The lowest BCUT2D eigenvalue weighted by Crippen LogP contribution is -2.24. The van der Waals surface area contributed by atoms with E-state index in [1.807, 2.05) is 19.1 Å². The van der Waals surface area contributed by atoms with Crippen LogP contribution in [0.3, 0.4) is 0 Å². The highest BCUT2D eigenvalue weighted by Crippen LogP contribution is 2.30. The van der Waals surface area contributed by atoms with Gasteiger partial charge in [0.25, 0.3) is 0 Å². The van der Waals surface area contributed by atoms with Gasteiger partial charge >= 0.3 is 5.97 Å². The molecular weight excluding hydrogens is 218 g/mol. The van der Waals surface area contributed by atoms with Crippen LogP contribution in [0.1, 0.15) is 29.3 Å². The normalized spacial score (nSPS) is 23.3. The van der Waals surface area contributed by atoms with E-state index in [1.165, 1.54) is 7.11 Å². The number of nitrogens with one attached hydrogen (secondary N) is 1. The van der Waals surface area contributed by atoms with Crippen LogP contribution in [0.5, 0.6) is 0 Å². The Bertz CT molecular complexity index is 452. The predicted molar refractivity (Wildman–Crippen MR) is 62.8 cm³/mol. The van der Waals surface area contributed by atoms with Gasteiger partial charge in [-0.25, -0.2) is 4.79 Å². The van der Waals surface area contributed by atoms with Gasteiger partial charge in [0.05, 0.1) is 12.7 Å². The van der Waals surface area contributed by atoms with E-state index in [4.69, 9.17) is 0 Å². The minimum absolute atomic E-state index is 0.0737. The van der Waals surface area contributed by atoms with Crippen LogP contribution in [0.25, 0.3) is 0 Å². The summed E-state index contributed by atoms with van der Waals surface area (Å²) in [5, 5.41) is 2.83. The SMILES string of the molecule is COC(=O)c1ccc(C2(C)CNC(=O)C2)cc1. The third-order valence-electron chi connectivity index (χ3n) is 3.23. The van der Waals surface area contributed by atoms with E-state index >= 15 is 0 Å². The number of carbonyl (C=O) groups excluding carboxylic acids is 2. The maximum atomic E-state index is 11.3. The van der Waals surface area contributed by atoms with Gasteiger partial charge in [-0.15, -0.1) is 0 Å². The van der Waals surface area contributed by atoms with Crippen molar-refractivity contribution in [2.45, 2.75) is 18.8 Å². The minimum atomic E-state index is -0.345. The summed E-state index contributed by atoms with van der Waals surface area (Å²) in [4.78, 5) is 22.6. The molecule has 0 saturated carbocycles. The number of methoxy groups -OCH3 is 1. The lowest BCUT2D eigenvalue weighted by atomic mass is 9.81. The van der Waals surface area contributed by atoms with Gasteiger partial charge in [0.15, 0.2) is 0 Å². The average molecular weight is 233 g/mol. The standard InChI is InChI=1S/C13H15NO3/c1-13(7-11(15)14-8-13)10-5-3-9(4-6-10)12(16)17-2/h3-6H,7-8H2,1-2H3,(H,14,15). The van der Waals surface area contributed by atoms with Gasteiger partial charge in [-0.1, -0.05) is 19.1 Å². The summed E-state index contributed by atoms with van der Waals surface area (Å²) in [5.74, 6) is -0.271. The maximum absolute atomic E-state index is 11.3. The highest BCUT2D eigenvalue weighted by Gasteiger charge is 2.35. The molecule has 1 unspecified atom stereocenters. The second-order valence-corrected chi connectivity index (χ2v) is 4.58. The molecule has 1 N–H and O–H groups in total. The maximum Gasteiger partial charge on any atom is 0.337 e. The molecule has 1 atom stereocenters. The third-order valence-corrected chi connectivity index (χ3v) is 3.23. The van der Waals surface area contributed by atoms with Crippen LogP contribution in [-0.4, -0.2) is 25.5 Å². The van der Waals surface area contributed by atoms with Crippen molar-refractivity contribution in [1.29, 1.82) is 0 Å². The zero-order valence-corrected chi connectivity index (χ0v) is 9.95. The molecule has 1 saturated heterocycles. The smallest absolute Gasteiger partial charge is 0.337 e. The molecule has 0 aliphatic carbocycles. The highest BCUT2D eigenvalue weighted by molar-refractivity contribution is 5.89. The minimum Gasteiger partial charge on any atom is -0.465 e. The van der Waals surface area contributed by atoms with E-state index in [2.05, 4.69) is 10.1 Å². The zero-order valence-electron chi connectivity index (χ0n) is 9.95. The lowest BCUT2D eigenvalue weighted by Gasteiger charge is -2.22. The number of benzene rings is 1. The number of esters is 1. The second-order valence-electron chi connectivity index (χ2n) is 4.58. The van der Waals surface area contributed by atoms with Crippen molar-refractivity contribution in [2.24, 2.45) is 0 Å². The molecule has 1 aromatic rings. The van der Waals surface area contributed by atoms with Crippen LogP contribution < -0.4 is 5.32 Å². The number of hydrogen-bond acceptors (Lipinski definition) is 3. The largest absolute Gasteiger partial charge is 0.465 e. The molecule has 2 rings (SSSR count). The zero-order chi connectivity index (χ0) is 12.5. The number of amides is 1. The number of ether oxygens (including phenoxy) is 1. The first kappa shape index (κ1) is 11.6. The molecular formula is C13H15NO3. The van der Waals surface area contributed by atoms with Crippen LogP contribution in [0, 0.1) is 0 Å². The second kappa shape index (κ2) is 4.20. The molecule has 1 aromatic carbocycles. The Hall–Kier alpha value is -1.84. The Kier molecular flexibility index (Phi) is 2.88. The van der Waals surface area contributed by atoms with Crippen LogP contribution in [0.15, 0.2) is 24.3 Å². The highest BCUT2D eigenvalue weighted by atomic mass is 16.5. The summed E-state index contributed by atoms with van der Waals surface area (Å²) in [6, 6.07) is 7.23. The Morgan fingerprint density at radius 1 is 1.35 bits per heavy atom.